The molecule has 0 aromatic heterocycles. The molecule has 0 aliphatic heterocycles. The van der Waals surface area contributed by atoms with Crippen molar-refractivity contribution in [2.45, 2.75) is 31.8 Å². The first-order valence-electron chi connectivity index (χ1n) is 5.83. The number of carbonyl (C=O) groups excluding carboxylic acids is 1. The molecule has 0 bridgehead atoms. The molecule has 1 rings (SSSR count). The van der Waals surface area contributed by atoms with Crippen molar-refractivity contribution in [3.63, 3.8) is 0 Å². The number of sulfonamides is 1. The number of amides is 1. The van der Waals surface area contributed by atoms with Crippen LogP contribution in [0, 0.1) is 20.8 Å². The number of alkyl halides is 3. The van der Waals surface area contributed by atoms with Crippen LogP contribution < -0.4 is 10.5 Å². The fourth-order valence-corrected chi connectivity index (χ4v) is 3.26. The average molecular weight is 324 g/mol. The van der Waals surface area contributed by atoms with Crippen LogP contribution in [0.1, 0.15) is 27.0 Å². The summed E-state index contributed by atoms with van der Waals surface area (Å²) in [5.41, 5.74) is 0.625. The third-order valence-electron chi connectivity index (χ3n) is 2.86. The second kappa shape index (κ2) is 5.64. The molecule has 0 saturated carbocycles. The number of carbonyl (C=O) groups is 1. The molecule has 1 aromatic rings. The number of halogens is 3. The van der Waals surface area contributed by atoms with Gasteiger partial charge >= 0.3 is 6.18 Å². The first-order valence-corrected chi connectivity index (χ1v) is 7.38. The lowest BCUT2D eigenvalue weighted by Gasteiger charge is -2.16. The zero-order valence-corrected chi connectivity index (χ0v) is 12.4. The Morgan fingerprint density at radius 2 is 1.76 bits per heavy atom. The standard InChI is InChI=1S/C12H15F3N2O3S/c1-6-4-7(2)10(21(16,19)20)8(3)9(6)11(18)17-5-12(13,14)15/h4H,5H2,1-3H3,(H,17,18)(H2,16,19,20). The van der Waals surface area contributed by atoms with Crippen molar-refractivity contribution in [3.05, 3.63) is 28.3 Å². The van der Waals surface area contributed by atoms with E-state index >= 15 is 0 Å². The van der Waals surface area contributed by atoms with Gasteiger partial charge in [-0.15, -0.1) is 0 Å². The third kappa shape index (κ3) is 4.18. The van der Waals surface area contributed by atoms with Crippen molar-refractivity contribution in [3.8, 4) is 0 Å². The van der Waals surface area contributed by atoms with Gasteiger partial charge in [0.1, 0.15) is 6.54 Å². The number of aryl methyl sites for hydroxylation is 2. The topological polar surface area (TPSA) is 89.3 Å². The minimum absolute atomic E-state index is 0.0367. The lowest BCUT2D eigenvalue weighted by atomic mass is 9.99. The molecule has 0 spiro atoms. The highest BCUT2D eigenvalue weighted by atomic mass is 32.2. The SMILES string of the molecule is Cc1cc(C)c(S(N)(=O)=O)c(C)c1C(=O)NCC(F)(F)F. The molecular formula is C12H15F3N2O3S. The molecule has 1 aromatic carbocycles. The molecule has 118 valence electrons. The van der Waals surface area contributed by atoms with E-state index in [1.165, 1.54) is 26.8 Å². The summed E-state index contributed by atoms with van der Waals surface area (Å²) >= 11 is 0. The van der Waals surface area contributed by atoms with Gasteiger partial charge in [0.15, 0.2) is 0 Å². The Labute approximate surface area is 120 Å². The molecule has 0 atom stereocenters. The van der Waals surface area contributed by atoms with Crippen LogP contribution in [0.3, 0.4) is 0 Å². The molecule has 0 heterocycles. The molecular weight excluding hydrogens is 309 g/mol. The molecule has 9 heteroatoms. The van der Waals surface area contributed by atoms with E-state index in [0.717, 1.165) is 0 Å². The monoisotopic (exact) mass is 324 g/mol. The minimum Gasteiger partial charge on any atom is -0.343 e. The quantitative estimate of drug-likeness (QED) is 0.884. The van der Waals surface area contributed by atoms with Gasteiger partial charge in [0.2, 0.25) is 10.0 Å². The molecule has 1 amide bonds. The zero-order chi connectivity index (χ0) is 16.6. The highest BCUT2D eigenvalue weighted by Gasteiger charge is 2.29. The summed E-state index contributed by atoms with van der Waals surface area (Å²) in [5, 5.41) is 6.80. The Kier molecular flexibility index (Phi) is 4.69. The largest absolute Gasteiger partial charge is 0.405 e. The third-order valence-corrected chi connectivity index (χ3v) is 4.06. The zero-order valence-electron chi connectivity index (χ0n) is 11.6. The van der Waals surface area contributed by atoms with E-state index in [4.69, 9.17) is 5.14 Å². The number of benzene rings is 1. The molecule has 5 nitrogen and oxygen atoms in total. The molecule has 0 unspecified atom stereocenters. The maximum atomic E-state index is 12.1. The van der Waals surface area contributed by atoms with Gasteiger partial charge in [-0.3, -0.25) is 4.79 Å². The number of hydrogen-bond donors (Lipinski definition) is 2. The summed E-state index contributed by atoms with van der Waals surface area (Å²) < 4.78 is 59.5. The molecule has 0 fully saturated rings. The summed E-state index contributed by atoms with van der Waals surface area (Å²) in [6.45, 7) is 2.85. The molecule has 0 radical (unpaired) electrons. The van der Waals surface area contributed by atoms with Crippen LogP contribution in [0.25, 0.3) is 0 Å². The molecule has 21 heavy (non-hydrogen) atoms. The Morgan fingerprint density at radius 3 is 2.19 bits per heavy atom. The van der Waals surface area contributed by atoms with E-state index in [-0.39, 0.29) is 16.0 Å². The van der Waals surface area contributed by atoms with E-state index in [1.807, 2.05) is 0 Å². The normalized spacial score (nSPS) is 12.3. The van der Waals surface area contributed by atoms with Crippen molar-refractivity contribution in [2.75, 3.05) is 6.54 Å². The first-order chi connectivity index (χ1) is 9.34. The van der Waals surface area contributed by atoms with E-state index in [0.29, 0.717) is 11.1 Å². The van der Waals surface area contributed by atoms with Gasteiger partial charge in [0.25, 0.3) is 5.91 Å². The Morgan fingerprint density at radius 1 is 1.24 bits per heavy atom. The average Bonchev–Trinajstić information content (AvgIpc) is 2.22. The number of hydrogen-bond acceptors (Lipinski definition) is 3. The Balaban J connectivity index is 3.35. The predicted molar refractivity (Wildman–Crippen MR) is 70.4 cm³/mol. The molecule has 0 aliphatic rings. The van der Waals surface area contributed by atoms with Crippen molar-refractivity contribution >= 4 is 15.9 Å². The van der Waals surface area contributed by atoms with Gasteiger partial charge in [-0.25, -0.2) is 13.6 Å². The fourth-order valence-electron chi connectivity index (χ4n) is 2.22. The Bertz CT molecular complexity index is 682. The number of rotatable bonds is 3. The van der Waals surface area contributed by atoms with Crippen molar-refractivity contribution in [2.24, 2.45) is 5.14 Å². The van der Waals surface area contributed by atoms with Crippen molar-refractivity contribution in [1.82, 2.24) is 5.32 Å². The summed E-state index contributed by atoms with van der Waals surface area (Å²) in [6, 6.07) is 1.40. The summed E-state index contributed by atoms with van der Waals surface area (Å²) in [7, 11) is -4.08. The van der Waals surface area contributed by atoms with Crippen LogP contribution in [0.15, 0.2) is 11.0 Å². The second-order valence-electron chi connectivity index (χ2n) is 4.68. The maximum Gasteiger partial charge on any atom is 0.405 e. The van der Waals surface area contributed by atoms with Crippen LogP contribution in [-0.4, -0.2) is 27.0 Å². The van der Waals surface area contributed by atoms with E-state index in [9.17, 15) is 26.4 Å². The molecule has 3 N–H and O–H groups in total. The number of nitrogens with two attached hydrogens (primary N) is 1. The lowest BCUT2D eigenvalue weighted by Crippen LogP contribution is -2.34. The van der Waals surface area contributed by atoms with Gasteiger partial charge in [0, 0.05) is 5.56 Å². The van der Waals surface area contributed by atoms with Crippen LogP contribution >= 0.6 is 0 Å². The van der Waals surface area contributed by atoms with Crippen LogP contribution in [0.4, 0.5) is 13.2 Å². The summed E-state index contributed by atoms with van der Waals surface area (Å²) in [4.78, 5) is 11.6. The van der Waals surface area contributed by atoms with Crippen LogP contribution in [0.5, 0.6) is 0 Å². The van der Waals surface area contributed by atoms with Gasteiger partial charge in [-0.05, 0) is 37.5 Å². The highest BCUT2D eigenvalue weighted by Crippen LogP contribution is 2.25. The fraction of sp³-hybridized carbons (Fsp3) is 0.417. The minimum atomic E-state index is -4.55. The van der Waals surface area contributed by atoms with Gasteiger partial charge in [-0.1, -0.05) is 6.07 Å². The van der Waals surface area contributed by atoms with Crippen LogP contribution in [0.2, 0.25) is 0 Å². The van der Waals surface area contributed by atoms with Crippen molar-refractivity contribution in [1.29, 1.82) is 0 Å². The van der Waals surface area contributed by atoms with E-state index < -0.39 is 28.7 Å². The van der Waals surface area contributed by atoms with Gasteiger partial charge in [0.05, 0.1) is 4.90 Å². The number of primary sulfonamides is 1. The summed E-state index contributed by atoms with van der Waals surface area (Å²) in [6.07, 6.45) is -4.55. The van der Waals surface area contributed by atoms with Gasteiger partial charge < -0.3 is 5.32 Å². The predicted octanol–water partition coefficient (Wildman–Crippen LogP) is 1.55. The lowest BCUT2D eigenvalue weighted by molar-refractivity contribution is -0.123. The van der Waals surface area contributed by atoms with Crippen LogP contribution in [-0.2, 0) is 10.0 Å². The first kappa shape index (κ1) is 17.4. The van der Waals surface area contributed by atoms with Crippen molar-refractivity contribution < 1.29 is 26.4 Å². The maximum absolute atomic E-state index is 12.1. The number of nitrogens with one attached hydrogen (secondary N) is 1. The Hall–Kier alpha value is -1.61. The second-order valence-corrected chi connectivity index (χ2v) is 6.18. The molecule has 0 saturated heterocycles. The van der Waals surface area contributed by atoms with E-state index in [2.05, 4.69) is 0 Å². The molecule has 0 aliphatic carbocycles. The van der Waals surface area contributed by atoms with E-state index in [1.54, 1.807) is 5.32 Å². The van der Waals surface area contributed by atoms with Gasteiger partial charge in [-0.2, -0.15) is 13.2 Å². The highest BCUT2D eigenvalue weighted by molar-refractivity contribution is 7.89. The smallest absolute Gasteiger partial charge is 0.343 e. The summed E-state index contributed by atoms with van der Waals surface area (Å²) in [5.74, 6) is -0.993.